The zero-order valence-electron chi connectivity index (χ0n) is 14.6. The normalized spacial score (nSPS) is 20.7. The molecular weight excluding hydrogens is 397 g/mol. The van der Waals surface area contributed by atoms with Crippen molar-refractivity contribution in [3.63, 3.8) is 0 Å². The first-order valence-corrected chi connectivity index (χ1v) is 10.9. The minimum absolute atomic E-state index is 0.00130. The smallest absolute Gasteiger partial charge is 0.244 e. The van der Waals surface area contributed by atoms with Crippen LogP contribution in [0.3, 0.4) is 0 Å². The molecule has 1 N–H and O–H groups in total. The predicted molar refractivity (Wildman–Crippen MR) is 102 cm³/mol. The van der Waals surface area contributed by atoms with Gasteiger partial charge in [0, 0.05) is 32.2 Å². The molecule has 1 aliphatic heterocycles. The number of carbonyl (C=O) groups is 1. The van der Waals surface area contributed by atoms with E-state index in [-0.39, 0.29) is 26.9 Å². The van der Waals surface area contributed by atoms with E-state index in [9.17, 15) is 13.2 Å². The van der Waals surface area contributed by atoms with E-state index >= 15 is 0 Å². The molecule has 1 heterocycles. The largest absolute Gasteiger partial charge is 0.352 e. The minimum Gasteiger partial charge on any atom is -0.352 e. The van der Waals surface area contributed by atoms with E-state index in [1.54, 1.807) is 12.1 Å². The number of sulfonamides is 1. The maximum atomic E-state index is 12.8. The Morgan fingerprint density at radius 2 is 1.88 bits per heavy atom. The number of benzene rings is 1. The van der Waals surface area contributed by atoms with Gasteiger partial charge in [0.15, 0.2) is 0 Å². The summed E-state index contributed by atoms with van der Waals surface area (Å²) in [6.07, 6.45) is 2.37. The van der Waals surface area contributed by atoms with Crippen LogP contribution < -0.4 is 5.32 Å². The van der Waals surface area contributed by atoms with Gasteiger partial charge in [-0.1, -0.05) is 29.3 Å². The highest BCUT2D eigenvalue weighted by Crippen LogP contribution is 2.32. The maximum Gasteiger partial charge on any atom is 0.244 e. The first kappa shape index (κ1) is 19.9. The summed E-state index contributed by atoms with van der Waals surface area (Å²) in [5.41, 5.74) is 0. The van der Waals surface area contributed by atoms with E-state index < -0.39 is 10.0 Å². The van der Waals surface area contributed by atoms with Crippen molar-refractivity contribution < 1.29 is 13.2 Å². The van der Waals surface area contributed by atoms with Crippen molar-refractivity contribution in [2.45, 2.75) is 30.7 Å². The number of nitrogens with zero attached hydrogens (tertiary/aromatic N) is 2. The SMILES string of the molecule is C[C@@H](NC(=O)CN1CCN(S(=O)(=O)c2cccc(Cl)c2Cl)CC1)C1CC1. The maximum absolute atomic E-state index is 12.8. The standard InChI is InChI=1S/C17H23Cl2N3O3S/c1-12(13-5-6-13)20-16(23)11-21-7-9-22(10-8-21)26(24,25)15-4-2-3-14(18)17(15)19/h2-4,12-13H,5-11H2,1H3,(H,20,23)/t12-/m1/s1. The number of carbonyl (C=O) groups excluding carboxylic acids is 1. The van der Waals surface area contributed by atoms with Crippen molar-refractivity contribution in [3.8, 4) is 0 Å². The highest BCUT2D eigenvalue weighted by Gasteiger charge is 2.32. The van der Waals surface area contributed by atoms with E-state index in [1.807, 2.05) is 11.8 Å². The van der Waals surface area contributed by atoms with Crippen LogP contribution in [0, 0.1) is 5.92 Å². The molecule has 1 saturated carbocycles. The van der Waals surface area contributed by atoms with Gasteiger partial charge in [-0.15, -0.1) is 0 Å². The molecular formula is C17H23Cl2N3O3S. The van der Waals surface area contributed by atoms with Crippen molar-refractivity contribution in [1.29, 1.82) is 0 Å². The molecule has 1 aliphatic carbocycles. The molecule has 0 spiro atoms. The minimum atomic E-state index is -3.70. The van der Waals surface area contributed by atoms with Gasteiger partial charge in [-0.2, -0.15) is 4.31 Å². The van der Waals surface area contributed by atoms with E-state index in [1.165, 1.54) is 23.2 Å². The number of piperazine rings is 1. The lowest BCUT2D eigenvalue weighted by atomic mass is 10.2. The van der Waals surface area contributed by atoms with Gasteiger partial charge in [-0.05, 0) is 37.8 Å². The number of amides is 1. The van der Waals surface area contributed by atoms with Crippen molar-refractivity contribution in [2.75, 3.05) is 32.7 Å². The summed E-state index contributed by atoms with van der Waals surface area (Å²) < 4.78 is 27.0. The Labute approximate surface area is 164 Å². The predicted octanol–water partition coefficient (Wildman–Crippen LogP) is 2.21. The van der Waals surface area contributed by atoms with Crippen LogP contribution in [0.2, 0.25) is 10.0 Å². The van der Waals surface area contributed by atoms with Gasteiger partial charge in [0.2, 0.25) is 15.9 Å². The zero-order valence-corrected chi connectivity index (χ0v) is 16.9. The molecule has 6 nitrogen and oxygen atoms in total. The van der Waals surface area contributed by atoms with Gasteiger partial charge < -0.3 is 5.32 Å². The van der Waals surface area contributed by atoms with E-state index in [4.69, 9.17) is 23.2 Å². The highest BCUT2D eigenvalue weighted by atomic mass is 35.5. The highest BCUT2D eigenvalue weighted by molar-refractivity contribution is 7.89. The van der Waals surface area contributed by atoms with Crippen molar-refractivity contribution >= 4 is 39.1 Å². The summed E-state index contributed by atoms with van der Waals surface area (Å²) in [6.45, 7) is 3.97. The van der Waals surface area contributed by atoms with Gasteiger partial charge >= 0.3 is 0 Å². The summed E-state index contributed by atoms with van der Waals surface area (Å²) in [5, 5.41) is 3.29. The summed E-state index contributed by atoms with van der Waals surface area (Å²) in [6, 6.07) is 4.81. The monoisotopic (exact) mass is 419 g/mol. The Morgan fingerprint density at radius 3 is 2.50 bits per heavy atom. The number of hydrogen-bond acceptors (Lipinski definition) is 4. The lowest BCUT2D eigenvalue weighted by molar-refractivity contribution is -0.123. The molecule has 1 atom stereocenters. The lowest BCUT2D eigenvalue weighted by Gasteiger charge is -2.33. The van der Waals surface area contributed by atoms with Crippen LogP contribution in [0.25, 0.3) is 0 Å². The van der Waals surface area contributed by atoms with Crippen LogP contribution in [0.4, 0.5) is 0 Å². The third-order valence-electron chi connectivity index (χ3n) is 4.95. The van der Waals surface area contributed by atoms with Crippen molar-refractivity contribution in [3.05, 3.63) is 28.2 Å². The quantitative estimate of drug-likeness (QED) is 0.766. The lowest BCUT2D eigenvalue weighted by Crippen LogP contribution is -2.51. The number of rotatable bonds is 6. The number of hydrogen-bond donors (Lipinski definition) is 1. The Hall–Kier alpha value is -0.860. The third kappa shape index (κ3) is 4.51. The van der Waals surface area contributed by atoms with Crippen molar-refractivity contribution in [1.82, 2.24) is 14.5 Å². The first-order valence-electron chi connectivity index (χ1n) is 8.75. The fourth-order valence-electron chi connectivity index (χ4n) is 3.17. The Morgan fingerprint density at radius 1 is 1.23 bits per heavy atom. The Balaban J connectivity index is 1.56. The second-order valence-corrected chi connectivity index (χ2v) is 9.62. The molecule has 1 amide bonds. The molecule has 1 aromatic rings. The van der Waals surface area contributed by atoms with Crippen LogP contribution in [0.5, 0.6) is 0 Å². The number of halogens is 2. The molecule has 144 valence electrons. The Bertz CT molecular complexity index is 775. The molecule has 1 saturated heterocycles. The van der Waals surface area contributed by atoms with Crippen LogP contribution in [-0.4, -0.2) is 62.3 Å². The molecule has 2 fully saturated rings. The summed E-state index contributed by atoms with van der Waals surface area (Å²) in [5.74, 6) is 0.613. The molecule has 0 bridgehead atoms. The summed E-state index contributed by atoms with van der Waals surface area (Å²) >= 11 is 12.0. The van der Waals surface area contributed by atoms with Gasteiger partial charge in [-0.25, -0.2) is 8.42 Å². The fourth-order valence-corrected chi connectivity index (χ4v) is 5.33. The molecule has 0 unspecified atom stereocenters. The summed E-state index contributed by atoms with van der Waals surface area (Å²) in [4.78, 5) is 14.1. The molecule has 0 radical (unpaired) electrons. The molecule has 26 heavy (non-hydrogen) atoms. The summed E-state index contributed by atoms with van der Waals surface area (Å²) in [7, 11) is -3.70. The number of nitrogens with one attached hydrogen (secondary N) is 1. The van der Waals surface area contributed by atoms with Gasteiger partial charge in [0.25, 0.3) is 0 Å². The fraction of sp³-hybridized carbons (Fsp3) is 0.588. The van der Waals surface area contributed by atoms with E-state index in [2.05, 4.69) is 5.32 Å². The molecule has 1 aromatic carbocycles. The zero-order chi connectivity index (χ0) is 18.9. The molecule has 0 aromatic heterocycles. The molecule has 9 heteroatoms. The van der Waals surface area contributed by atoms with Crippen LogP contribution >= 0.6 is 23.2 Å². The van der Waals surface area contributed by atoms with E-state index in [0.717, 1.165) is 0 Å². The molecule has 3 rings (SSSR count). The van der Waals surface area contributed by atoms with Gasteiger partial charge in [-0.3, -0.25) is 9.69 Å². The first-order chi connectivity index (χ1) is 12.3. The third-order valence-corrected chi connectivity index (χ3v) is 7.82. The van der Waals surface area contributed by atoms with Gasteiger partial charge in [0.1, 0.15) is 4.90 Å². The van der Waals surface area contributed by atoms with E-state index in [0.29, 0.717) is 38.6 Å². The van der Waals surface area contributed by atoms with Crippen LogP contribution in [0.1, 0.15) is 19.8 Å². The Kier molecular flexibility index (Phi) is 6.14. The average Bonchev–Trinajstić information content (AvgIpc) is 3.42. The second kappa shape index (κ2) is 8.02. The van der Waals surface area contributed by atoms with Crippen molar-refractivity contribution in [2.24, 2.45) is 5.92 Å². The average molecular weight is 420 g/mol. The second-order valence-electron chi connectivity index (χ2n) is 6.93. The van der Waals surface area contributed by atoms with Crippen LogP contribution in [-0.2, 0) is 14.8 Å². The van der Waals surface area contributed by atoms with Crippen LogP contribution in [0.15, 0.2) is 23.1 Å². The topological polar surface area (TPSA) is 69.7 Å². The van der Waals surface area contributed by atoms with Gasteiger partial charge in [0.05, 0.1) is 16.6 Å². The molecule has 2 aliphatic rings.